The fourth-order valence-electron chi connectivity index (χ4n) is 6.64. The normalized spacial score (nSPS) is 38.3. The molecule has 8 heteroatoms. The number of likely N-dealkylation sites (tertiary alicyclic amines) is 1. The predicted octanol–water partition coefficient (Wildman–Crippen LogP) is 1.53. The van der Waals surface area contributed by atoms with Crippen molar-refractivity contribution in [3.05, 3.63) is 0 Å². The molecule has 6 atom stereocenters. The molecular formula is C23H36N2O6. The first-order chi connectivity index (χ1) is 14.8. The second-order valence-corrected chi connectivity index (χ2v) is 9.71. The first-order valence-electron chi connectivity index (χ1n) is 12.0. The van der Waals surface area contributed by atoms with Gasteiger partial charge in [0.15, 0.2) is 0 Å². The largest absolute Gasteiger partial charge is 0.466 e. The number of aliphatic hydroxyl groups is 1. The Hall–Kier alpha value is -1.67. The molecular weight excluding hydrogens is 400 g/mol. The highest BCUT2D eigenvalue weighted by Crippen LogP contribution is 2.64. The number of carbonyl (C=O) groups excluding carboxylic acids is 3. The molecule has 2 bridgehead atoms. The van der Waals surface area contributed by atoms with Crippen LogP contribution in [-0.4, -0.2) is 70.3 Å². The Labute approximate surface area is 184 Å². The topological polar surface area (TPSA) is 105 Å². The predicted molar refractivity (Wildman–Crippen MR) is 112 cm³/mol. The van der Waals surface area contributed by atoms with Crippen molar-refractivity contribution in [2.24, 2.45) is 11.8 Å². The number of aliphatic hydroxyl groups excluding tert-OH is 1. The molecule has 3 saturated heterocycles. The third kappa shape index (κ3) is 3.28. The minimum Gasteiger partial charge on any atom is -0.466 e. The summed E-state index contributed by atoms with van der Waals surface area (Å²) in [5, 5.41) is 13.0. The summed E-state index contributed by atoms with van der Waals surface area (Å²) in [6.45, 7) is 5.41. The van der Waals surface area contributed by atoms with Crippen LogP contribution in [-0.2, 0) is 23.9 Å². The van der Waals surface area contributed by atoms with Crippen LogP contribution < -0.4 is 5.32 Å². The van der Waals surface area contributed by atoms with Crippen LogP contribution in [0.2, 0.25) is 0 Å². The average molecular weight is 437 g/mol. The molecule has 1 spiro atoms. The van der Waals surface area contributed by atoms with Gasteiger partial charge in [-0.1, -0.05) is 26.2 Å². The molecule has 3 heterocycles. The third-order valence-electron chi connectivity index (χ3n) is 8.10. The molecule has 2 amide bonds. The van der Waals surface area contributed by atoms with E-state index in [1.807, 2.05) is 6.92 Å². The van der Waals surface area contributed by atoms with Gasteiger partial charge in [0.05, 0.1) is 30.8 Å². The highest BCUT2D eigenvalue weighted by molar-refractivity contribution is 5.98. The molecule has 4 fully saturated rings. The quantitative estimate of drug-likeness (QED) is 0.587. The van der Waals surface area contributed by atoms with E-state index in [0.29, 0.717) is 19.3 Å². The second-order valence-electron chi connectivity index (χ2n) is 9.71. The zero-order valence-corrected chi connectivity index (χ0v) is 18.9. The smallest absolute Gasteiger partial charge is 0.312 e. The van der Waals surface area contributed by atoms with Crippen molar-refractivity contribution in [1.29, 1.82) is 0 Å². The lowest BCUT2D eigenvalue weighted by Gasteiger charge is -2.37. The van der Waals surface area contributed by atoms with Gasteiger partial charge in [-0.05, 0) is 46.0 Å². The van der Waals surface area contributed by atoms with Crippen molar-refractivity contribution < 1.29 is 29.0 Å². The maximum absolute atomic E-state index is 13.7. The van der Waals surface area contributed by atoms with Gasteiger partial charge in [0.25, 0.3) is 0 Å². The number of rotatable bonds is 7. The maximum Gasteiger partial charge on any atom is 0.312 e. The Balaban J connectivity index is 1.72. The van der Waals surface area contributed by atoms with E-state index in [4.69, 9.17) is 9.47 Å². The van der Waals surface area contributed by atoms with Crippen LogP contribution in [0, 0.1) is 11.8 Å². The summed E-state index contributed by atoms with van der Waals surface area (Å²) >= 11 is 0. The van der Waals surface area contributed by atoms with Gasteiger partial charge in [0.1, 0.15) is 17.6 Å². The van der Waals surface area contributed by atoms with Gasteiger partial charge in [-0.15, -0.1) is 0 Å². The van der Waals surface area contributed by atoms with Crippen molar-refractivity contribution in [2.75, 3.05) is 13.2 Å². The van der Waals surface area contributed by atoms with E-state index in [0.717, 1.165) is 25.7 Å². The number of esters is 1. The summed E-state index contributed by atoms with van der Waals surface area (Å²) in [5.74, 6) is -2.40. The molecule has 2 N–H and O–H groups in total. The lowest BCUT2D eigenvalue weighted by molar-refractivity contribution is -0.161. The molecule has 0 radical (unpaired) electrons. The Kier molecular flexibility index (Phi) is 6.07. The first kappa shape index (κ1) is 22.5. The van der Waals surface area contributed by atoms with Crippen LogP contribution in [0.15, 0.2) is 0 Å². The molecule has 174 valence electrons. The van der Waals surface area contributed by atoms with E-state index in [9.17, 15) is 19.5 Å². The van der Waals surface area contributed by atoms with Crippen LogP contribution in [0.4, 0.5) is 0 Å². The van der Waals surface area contributed by atoms with Gasteiger partial charge >= 0.3 is 5.97 Å². The van der Waals surface area contributed by atoms with Gasteiger partial charge in [0, 0.05) is 6.04 Å². The average Bonchev–Trinajstić information content (AvgIpc) is 3.37. The summed E-state index contributed by atoms with van der Waals surface area (Å²) in [7, 11) is 0. The Morgan fingerprint density at radius 1 is 1.26 bits per heavy atom. The molecule has 0 aromatic rings. The zero-order chi connectivity index (χ0) is 22.4. The van der Waals surface area contributed by atoms with Crippen molar-refractivity contribution in [1.82, 2.24) is 10.2 Å². The Morgan fingerprint density at radius 3 is 2.58 bits per heavy atom. The van der Waals surface area contributed by atoms with Crippen molar-refractivity contribution in [3.8, 4) is 0 Å². The molecule has 31 heavy (non-hydrogen) atoms. The van der Waals surface area contributed by atoms with E-state index in [2.05, 4.69) is 5.32 Å². The van der Waals surface area contributed by atoms with Crippen LogP contribution in [0.5, 0.6) is 0 Å². The third-order valence-corrected chi connectivity index (χ3v) is 8.10. The van der Waals surface area contributed by atoms with E-state index in [-0.39, 0.29) is 31.1 Å². The summed E-state index contributed by atoms with van der Waals surface area (Å²) in [6, 6.07) is -1.29. The summed E-state index contributed by atoms with van der Waals surface area (Å²) in [6.07, 6.45) is 6.95. The fourth-order valence-corrected chi connectivity index (χ4v) is 6.64. The molecule has 2 unspecified atom stereocenters. The zero-order valence-electron chi connectivity index (χ0n) is 18.9. The summed E-state index contributed by atoms with van der Waals surface area (Å²) in [5.41, 5.74) is -1.82. The second kappa shape index (κ2) is 8.35. The van der Waals surface area contributed by atoms with E-state index >= 15 is 0 Å². The lowest BCUT2D eigenvalue weighted by atomic mass is 9.65. The standard InChI is InChI=1S/C23H36N2O6/c1-4-22-11-12-23(31-22)16(17(22)21(29)30-5-2)20(28)25(14(3)13-26)18(23)19(27)24-15-9-7-6-8-10-15/h14-18,26H,4-13H2,1-3H3,(H,24,27)/t14-,16+,17+,18?,22-,23?/m1/s1. The number of hydrogen-bond donors (Lipinski definition) is 2. The molecule has 4 aliphatic rings. The number of nitrogens with one attached hydrogen (secondary N) is 1. The van der Waals surface area contributed by atoms with Crippen LogP contribution >= 0.6 is 0 Å². The van der Waals surface area contributed by atoms with Crippen molar-refractivity contribution in [2.45, 2.75) is 101 Å². The van der Waals surface area contributed by atoms with Crippen molar-refractivity contribution in [3.63, 3.8) is 0 Å². The summed E-state index contributed by atoms with van der Waals surface area (Å²) < 4.78 is 12.0. The highest BCUT2D eigenvalue weighted by Gasteiger charge is 2.79. The van der Waals surface area contributed by atoms with Gasteiger partial charge in [-0.2, -0.15) is 0 Å². The van der Waals surface area contributed by atoms with E-state index in [1.54, 1.807) is 13.8 Å². The maximum atomic E-state index is 13.7. The number of nitrogens with zero attached hydrogens (tertiary/aromatic N) is 1. The van der Waals surface area contributed by atoms with E-state index < -0.39 is 41.1 Å². The Morgan fingerprint density at radius 2 is 1.97 bits per heavy atom. The van der Waals surface area contributed by atoms with Gasteiger partial charge < -0.3 is 24.8 Å². The number of fused-ring (bicyclic) bond motifs is 1. The number of carbonyl (C=O) groups is 3. The first-order valence-corrected chi connectivity index (χ1v) is 12.0. The molecule has 0 aromatic heterocycles. The van der Waals surface area contributed by atoms with Crippen LogP contribution in [0.25, 0.3) is 0 Å². The highest BCUT2D eigenvalue weighted by atomic mass is 16.6. The minimum atomic E-state index is -1.05. The SMILES string of the molecule is CCOC(=O)[C@@H]1[C@H]2C(=O)N([C@H](C)CO)C(C(=O)NC3CCCCC3)C23CC[C@@]1(CC)O3. The van der Waals surface area contributed by atoms with Crippen LogP contribution in [0.1, 0.15) is 72.1 Å². The lowest BCUT2D eigenvalue weighted by Crippen LogP contribution is -2.59. The number of ether oxygens (including phenoxy) is 2. The number of amides is 2. The fraction of sp³-hybridized carbons (Fsp3) is 0.870. The molecule has 1 aliphatic carbocycles. The monoisotopic (exact) mass is 436 g/mol. The minimum absolute atomic E-state index is 0.0951. The van der Waals surface area contributed by atoms with Gasteiger partial charge in [-0.25, -0.2) is 0 Å². The molecule has 0 aromatic carbocycles. The molecule has 3 aliphatic heterocycles. The molecule has 4 rings (SSSR count). The summed E-state index contributed by atoms with van der Waals surface area (Å²) in [4.78, 5) is 41.8. The number of hydrogen-bond acceptors (Lipinski definition) is 6. The Bertz CT molecular complexity index is 738. The van der Waals surface area contributed by atoms with Crippen LogP contribution in [0.3, 0.4) is 0 Å². The molecule has 1 saturated carbocycles. The van der Waals surface area contributed by atoms with Crippen molar-refractivity contribution >= 4 is 17.8 Å². The van der Waals surface area contributed by atoms with Gasteiger partial charge in [0.2, 0.25) is 11.8 Å². The van der Waals surface area contributed by atoms with E-state index in [1.165, 1.54) is 11.3 Å². The van der Waals surface area contributed by atoms with Gasteiger partial charge in [-0.3, -0.25) is 14.4 Å². The molecule has 8 nitrogen and oxygen atoms in total.